The van der Waals surface area contributed by atoms with E-state index in [0.717, 1.165) is 17.3 Å². The zero-order chi connectivity index (χ0) is 22.0. The summed E-state index contributed by atoms with van der Waals surface area (Å²) in [5.41, 5.74) is 6.11. The molecule has 7 nitrogen and oxygen atoms in total. The number of hydrogen-bond acceptors (Lipinski definition) is 5. The van der Waals surface area contributed by atoms with Gasteiger partial charge >= 0.3 is 0 Å². The molecule has 3 amide bonds. The first-order valence-electron chi connectivity index (χ1n) is 9.67. The lowest BCUT2D eigenvalue weighted by molar-refractivity contribution is -0.132. The van der Waals surface area contributed by atoms with E-state index >= 15 is 0 Å². The van der Waals surface area contributed by atoms with E-state index in [4.69, 9.17) is 5.73 Å². The van der Waals surface area contributed by atoms with E-state index in [0.29, 0.717) is 12.2 Å². The van der Waals surface area contributed by atoms with Crippen LogP contribution in [0.5, 0.6) is 0 Å². The molecular formula is C21H31N3O4S. The molecule has 0 aliphatic carbocycles. The number of carbonyl (C=O) groups excluding carboxylic acids is 4. The van der Waals surface area contributed by atoms with Crippen LogP contribution in [0.1, 0.15) is 39.7 Å². The van der Waals surface area contributed by atoms with Gasteiger partial charge in [-0.05, 0) is 24.8 Å². The van der Waals surface area contributed by atoms with E-state index in [9.17, 15) is 19.2 Å². The average Bonchev–Trinajstić information content (AvgIpc) is 2.64. The number of hydrogen-bond donors (Lipinski definition) is 3. The van der Waals surface area contributed by atoms with Crippen molar-refractivity contribution in [1.29, 1.82) is 0 Å². The SMILES string of the molecule is CC(=O)SC[C@H](CC(C)C)C(=O)N[C@@H](Cc1ccccc1)C(=O)N[C@@H](C)C(N)=O. The predicted molar refractivity (Wildman–Crippen MR) is 115 cm³/mol. The number of thioether (sulfide) groups is 1. The molecule has 0 heterocycles. The van der Waals surface area contributed by atoms with Crippen LogP contribution in [0.25, 0.3) is 0 Å². The molecule has 160 valence electrons. The van der Waals surface area contributed by atoms with Crippen LogP contribution in [-0.4, -0.2) is 40.7 Å². The van der Waals surface area contributed by atoms with Crippen LogP contribution in [0.15, 0.2) is 30.3 Å². The number of nitrogens with one attached hydrogen (secondary N) is 2. The second kappa shape index (κ2) is 12.3. The second-order valence-corrected chi connectivity index (χ2v) is 8.71. The zero-order valence-corrected chi connectivity index (χ0v) is 18.3. The van der Waals surface area contributed by atoms with Gasteiger partial charge in [0, 0.05) is 25.0 Å². The standard InChI is InChI=1S/C21H31N3O4S/c1-13(2)10-17(12-29-15(4)25)20(27)24-18(11-16-8-6-5-7-9-16)21(28)23-14(3)19(22)26/h5-9,13-14,17-18H,10-12H2,1-4H3,(H2,22,26)(H,23,28)(H,24,27)/t14-,17-,18-/m0/s1. The van der Waals surface area contributed by atoms with Crippen molar-refractivity contribution >= 4 is 34.6 Å². The van der Waals surface area contributed by atoms with Crippen molar-refractivity contribution in [1.82, 2.24) is 10.6 Å². The van der Waals surface area contributed by atoms with Gasteiger partial charge in [-0.1, -0.05) is 55.9 Å². The lowest BCUT2D eigenvalue weighted by atomic mass is 9.97. The Kier molecular flexibility index (Phi) is 10.4. The highest BCUT2D eigenvalue weighted by atomic mass is 32.2. The highest BCUT2D eigenvalue weighted by molar-refractivity contribution is 8.13. The molecule has 0 bridgehead atoms. The van der Waals surface area contributed by atoms with Gasteiger partial charge < -0.3 is 16.4 Å². The van der Waals surface area contributed by atoms with Gasteiger partial charge in [0.1, 0.15) is 12.1 Å². The molecule has 8 heteroatoms. The normalized spacial score (nSPS) is 14.0. The molecular weight excluding hydrogens is 390 g/mol. The minimum Gasteiger partial charge on any atom is -0.368 e. The van der Waals surface area contributed by atoms with Crippen LogP contribution < -0.4 is 16.4 Å². The molecule has 0 aliphatic rings. The first-order chi connectivity index (χ1) is 13.6. The van der Waals surface area contributed by atoms with Gasteiger partial charge in [0.2, 0.25) is 17.7 Å². The summed E-state index contributed by atoms with van der Waals surface area (Å²) in [4.78, 5) is 48.3. The zero-order valence-electron chi connectivity index (χ0n) is 17.4. The number of rotatable bonds is 11. The monoisotopic (exact) mass is 421 g/mol. The summed E-state index contributed by atoms with van der Waals surface area (Å²) in [6.45, 7) is 6.96. The van der Waals surface area contributed by atoms with Gasteiger partial charge in [-0.3, -0.25) is 19.2 Å². The Morgan fingerprint density at radius 1 is 1.00 bits per heavy atom. The van der Waals surface area contributed by atoms with E-state index < -0.39 is 29.8 Å². The summed E-state index contributed by atoms with van der Waals surface area (Å²) in [6, 6.07) is 7.58. The quantitative estimate of drug-likeness (QED) is 0.502. The Labute approximate surface area is 176 Å². The summed E-state index contributed by atoms with van der Waals surface area (Å²) >= 11 is 1.10. The minimum absolute atomic E-state index is 0.0552. The maximum Gasteiger partial charge on any atom is 0.243 e. The Morgan fingerprint density at radius 2 is 1.62 bits per heavy atom. The lowest BCUT2D eigenvalue weighted by Crippen LogP contribution is -2.54. The van der Waals surface area contributed by atoms with Crippen LogP contribution in [0.3, 0.4) is 0 Å². The molecule has 4 N–H and O–H groups in total. The molecule has 0 radical (unpaired) electrons. The number of amides is 3. The van der Waals surface area contributed by atoms with Gasteiger partial charge in [0.25, 0.3) is 0 Å². The molecule has 3 atom stereocenters. The molecule has 0 spiro atoms. The van der Waals surface area contributed by atoms with Crippen molar-refractivity contribution < 1.29 is 19.2 Å². The highest BCUT2D eigenvalue weighted by Gasteiger charge is 2.28. The summed E-state index contributed by atoms with van der Waals surface area (Å²) in [6.07, 6.45) is 0.877. The topological polar surface area (TPSA) is 118 Å². The third-order valence-corrected chi connectivity index (χ3v) is 5.29. The second-order valence-electron chi connectivity index (χ2n) is 7.51. The first-order valence-corrected chi connectivity index (χ1v) is 10.7. The smallest absolute Gasteiger partial charge is 0.243 e. The molecule has 0 aliphatic heterocycles. The Hall–Kier alpha value is -2.35. The van der Waals surface area contributed by atoms with Crippen LogP contribution in [0.2, 0.25) is 0 Å². The third-order valence-electron chi connectivity index (χ3n) is 4.32. The molecule has 29 heavy (non-hydrogen) atoms. The van der Waals surface area contributed by atoms with Gasteiger partial charge in [-0.15, -0.1) is 0 Å². The summed E-state index contributed by atoms with van der Waals surface area (Å²) in [5.74, 6) is -1.19. The molecule has 1 aromatic rings. The van der Waals surface area contributed by atoms with Crippen molar-refractivity contribution in [3.05, 3.63) is 35.9 Å². The van der Waals surface area contributed by atoms with Gasteiger partial charge in [0.15, 0.2) is 5.12 Å². The van der Waals surface area contributed by atoms with E-state index in [1.807, 2.05) is 44.2 Å². The lowest BCUT2D eigenvalue weighted by Gasteiger charge is -2.24. The Balaban J connectivity index is 2.96. The van der Waals surface area contributed by atoms with Crippen LogP contribution in [0, 0.1) is 11.8 Å². The van der Waals surface area contributed by atoms with Crippen molar-refractivity contribution in [2.45, 2.75) is 52.6 Å². The predicted octanol–water partition coefficient (Wildman–Crippen LogP) is 1.65. The van der Waals surface area contributed by atoms with Crippen LogP contribution in [0.4, 0.5) is 0 Å². The summed E-state index contributed by atoms with van der Waals surface area (Å²) in [5, 5.41) is 5.30. The van der Waals surface area contributed by atoms with Gasteiger partial charge in [0.05, 0.1) is 0 Å². The number of carbonyl (C=O) groups is 4. The largest absolute Gasteiger partial charge is 0.368 e. The Bertz CT molecular complexity index is 709. The maximum atomic E-state index is 12.9. The van der Waals surface area contributed by atoms with E-state index in [1.165, 1.54) is 13.8 Å². The molecule has 0 fully saturated rings. The summed E-state index contributed by atoms with van der Waals surface area (Å²) in [7, 11) is 0. The molecule has 1 rings (SSSR count). The molecule has 0 aromatic heterocycles. The fraction of sp³-hybridized carbons (Fsp3) is 0.524. The highest BCUT2D eigenvalue weighted by Crippen LogP contribution is 2.19. The summed E-state index contributed by atoms with van der Waals surface area (Å²) < 4.78 is 0. The minimum atomic E-state index is -0.858. The van der Waals surface area contributed by atoms with Gasteiger partial charge in [-0.2, -0.15) is 0 Å². The average molecular weight is 422 g/mol. The number of primary amides is 1. The van der Waals surface area contributed by atoms with E-state index in [1.54, 1.807) is 0 Å². The maximum absolute atomic E-state index is 12.9. The Morgan fingerprint density at radius 3 is 2.14 bits per heavy atom. The fourth-order valence-corrected chi connectivity index (χ4v) is 3.49. The van der Waals surface area contributed by atoms with Gasteiger partial charge in [-0.25, -0.2) is 0 Å². The molecule has 0 saturated heterocycles. The van der Waals surface area contributed by atoms with Crippen LogP contribution in [-0.2, 0) is 25.6 Å². The molecule has 0 unspecified atom stereocenters. The van der Waals surface area contributed by atoms with Crippen LogP contribution >= 0.6 is 11.8 Å². The molecule has 0 saturated carbocycles. The van der Waals surface area contributed by atoms with Crippen molar-refractivity contribution in [3.63, 3.8) is 0 Å². The number of benzene rings is 1. The van der Waals surface area contributed by atoms with Crippen molar-refractivity contribution in [2.75, 3.05) is 5.75 Å². The van der Waals surface area contributed by atoms with E-state index in [-0.39, 0.29) is 23.4 Å². The third kappa shape index (κ3) is 9.60. The molecule has 1 aromatic carbocycles. The van der Waals surface area contributed by atoms with Crippen molar-refractivity contribution in [3.8, 4) is 0 Å². The van der Waals surface area contributed by atoms with E-state index in [2.05, 4.69) is 10.6 Å². The van der Waals surface area contributed by atoms with Crippen molar-refractivity contribution in [2.24, 2.45) is 17.6 Å². The fourth-order valence-electron chi connectivity index (χ4n) is 2.77. The first kappa shape index (κ1) is 24.7. The number of nitrogens with two attached hydrogens (primary N) is 1.